The van der Waals surface area contributed by atoms with Gasteiger partial charge in [-0.3, -0.25) is 0 Å². The second kappa shape index (κ2) is 17.9. The molecular formula is C35H39FO9. The predicted octanol–water partition coefficient (Wildman–Crippen LogP) is 6.21. The van der Waals surface area contributed by atoms with Gasteiger partial charge >= 0.3 is 0 Å². The maximum Gasteiger partial charge on any atom is 0.188 e. The number of hydrogen-bond donors (Lipinski definition) is 1. The van der Waals surface area contributed by atoms with Gasteiger partial charge in [-0.15, -0.1) is 0 Å². The zero-order chi connectivity index (χ0) is 31.9. The first kappa shape index (κ1) is 33.7. The van der Waals surface area contributed by atoms with Gasteiger partial charge in [0.15, 0.2) is 25.1 Å². The molecule has 4 rings (SSSR count). The molecule has 0 aliphatic carbocycles. The van der Waals surface area contributed by atoms with Crippen LogP contribution < -0.4 is 18.9 Å². The van der Waals surface area contributed by atoms with E-state index in [2.05, 4.69) is 0 Å². The maximum absolute atomic E-state index is 15.9. The summed E-state index contributed by atoms with van der Waals surface area (Å²) in [6.45, 7) is 0.279. The third-order valence-corrected chi connectivity index (χ3v) is 6.74. The minimum Gasteiger partial charge on any atom is -0.489 e. The topological polar surface area (TPSA) is 94.1 Å². The van der Waals surface area contributed by atoms with Gasteiger partial charge in [-0.05, 0) is 28.8 Å². The molecule has 0 radical (unpaired) electrons. The maximum atomic E-state index is 15.9. The Morgan fingerprint density at radius 1 is 0.622 bits per heavy atom. The van der Waals surface area contributed by atoms with Gasteiger partial charge in [0, 0.05) is 45.4 Å². The minimum absolute atomic E-state index is 0.000903. The Hall–Kier alpha value is -4.19. The zero-order valence-corrected chi connectivity index (χ0v) is 25.6. The smallest absolute Gasteiger partial charge is 0.188 e. The number of halogens is 1. The van der Waals surface area contributed by atoms with Crippen LogP contribution in [0.15, 0.2) is 91.0 Å². The molecule has 1 N–H and O–H groups in total. The fourth-order valence-corrected chi connectivity index (χ4v) is 4.49. The zero-order valence-electron chi connectivity index (χ0n) is 25.6. The van der Waals surface area contributed by atoms with Gasteiger partial charge in [0.25, 0.3) is 0 Å². The summed E-state index contributed by atoms with van der Waals surface area (Å²) < 4.78 is 60.3. The highest BCUT2D eigenvalue weighted by Gasteiger charge is 2.27. The van der Waals surface area contributed by atoms with Crippen molar-refractivity contribution in [2.24, 2.45) is 0 Å². The van der Waals surface area contributed by atoms with Crippen LogP contribution in [0.2, 0.25) is 0 Å². The highest BCUT2D eigenvalue weighted by Crippen LogP contribution is 2.36. The molecule has 45 heavy (non-hydrogen) atoms. The number of hydrogen-bond acceptors (Lipinski definition) is 9. The van der Waals surface area contributed by atoms with E-state index in [9.17, 15) is 5.11 Å². The molecule has 0 fully saturated rings. The molecule has 0 saturated carbocycles. The van der Waals surface area contributed by atoms with Crippen LogP contribution in [-0.2, 0) is 38.6 Å². The number of rotatable bonds is 19. The van der Waals surface area contributed by atoms with Gasteiger partial charge in [0.05, 0.1) is 6.10 Å². The average molecular weight is 623 g/mol. The average Bonchev–Trinajstić information content (AvgIpc) is 3.08. The third-order valence-electron chi connectivity index (χ3n) is 6.74. The summed E-state index contributed by atoms with van der Waals surface area (Å²) in [7, 11) is 4.47. The molecule has 4 aromatic rings. The molecule has 240 valence electrons. The molecule has 0 bridgehead atoms. The summed E-state index contributed by atoms with van der Waals surface area (Å²) in [6.07, 6.45) is -2.19. The molecule has 0 unspecified atom stereocenters. The van der Waals surface area contributed by atoms with Gasteiger partial charge in [-0.2, -0.15) is 0 Å². The molecule has 0 heterocycles. The molecular weight excluding hydrogens is 583 g/mol. The quantitative estimate of drug-likeness (QED) is 0.122. The Labute approximate surface area is 262 Å². The molecule has 2 atom stereocenters. The van der Waals surface area contributed by atoms with E-state index in [0.29, 0.717) is 22.8 Å². The van der Waals surface area contributed by atoms with E-state index in [1.165, 1.54) is 27.4 Å². The first-order chi connectivity index (χ1) is 22.0. The van der Waals surface area contributed by atoms with Crippen LogP contribution in [0.1, 0.15) is 28.4 Å². The number of benzene rings is 4. The number of ether oxygens (including phenoxy) is 8. The molecule has 0 aliphatic rings. The number of aliphatic hydroxyl groups excluding tert-OH is 1. The van der Waals surface area contributed by atoms with Crippen LogP contribution in [0.5, 0.6) is 23.0 Å². The highest BCUT2D eigenvalue weighted by molar-refractivity contribution is 5.45. The lowest BCUT2D eigenvalue weighted by atomic mass is 9.97. The van der Waals surface area contributed by atoms with E-state index in [-0.39, 0.29) is 51.3 Å². The van der Waals surface area contributed by atoms with Gasteiger partial charge in [-0.1, -0.05) is 66.7 Å². The van der Waals surface area contributed by atoms with E-state index in [4.69, 9.17) is 37.9 Å². The van der Waals surface area contributed by atoms with Crippen LogP contribution in [0, 0.1) is 5.82 Å². The molecule has 10 heteroatoms. The monoisotopic (exact) mass is 622 g/mol. The number of aliphatic hydroxyl groups is 1. The molecule has 9 nitrogen and oxygen atoms in total. The van der Waals surface area contributed by atoms with E-state index in [1.54, 1.807) is 24.3 Å². The van der Waals surface area contributed by atoms with Gasteiger partial charge < -0.3 is 43.0 Å². The SMILES string of the molecule is COCOc1ccc([C@@H](O)[C@@H](Cc2c(F)cc(OCc3ccccc3)cc2OCc2ccccc2)OCOC)cc1OCOC. The fraction of sp³-hybridized carbons (Fsp3) is 0.314. The van der Waals surface area contributed by atoms with Crippen molar-refractivity contribution in [1.82, 2.24) is 0 Å². The Morgan fingerprint density at radius 2 is 1.22 bits per heavy atom. The summed E-state index contributed by atoms with van der Waals surface area (Å²) in [5, 5.41) is 11.5. The van der Waals surface area contributed by atoms with E-state index in [1.807, 2.05) is 60.7 Å². The first-order valence-corrected chi connectivity index (χ1v) is 14.3. The van der Waals surface area contributed by atoms with Gasteiger partial charge in [0.1, 0.15) is 43.4 Å². The second-order valence-corrected chi connectivity index (χ2v) is 10.00. The standard InChI is InChI=1S/C35H39FO9/c1-38-22-43-31-15-14-27(16-33(31)44-23-39-2)35(37)34(45-24-40-3)19-29-30(36)17-28(41-20-25-10-6-4-7-11-25)18-32(29)42-21-26-12-8-5-9-13-26/h4-18,34-35,37H,19-24H2,1-3H3/t34-,35-/m1/s1. The van der Waals surface area contributed by atoms with Crippen molar-refractivity contribution < 1.29 is 47.4 Å². The fourth-order valence-electron chi connectivity index (χ4n) is 4.49. The second-order valence-electron chi connectivity index (χ2n) is 10.00. The van der Waals surface area contributed by atoms with Gasteiger partial charge in [-0.25, -0.2) is 4.39 Å². The minimum atomic E-state index is -1.21. The summed E-state index contributed by atoms with van der Waals surface area (Å²) in [4.78, 5) is 0. The Bertz CT molecular complexity index is 1440. The first-order valence-electron chi connectivity index (χ1n) is 14.3. The highest BCUT2D eigenvalue weighted by atomic mass is 19.1. The predicted molar refractivity (Wildman–Crippen MR) is 165 cm³/mol. The van der Waals surface area contributed by atoms with Crippen LogP contribution in [0.25, 0.3) is 0 Å². The normalized spacial score (nSPS) is 12.4. The summed E-state index contributed by atoms with van der Waals surface area (Å²) in [5.74, 6) is 0.744. The van der Waals surface area contributed by atoms with Gasteiger partial charge in [0.2, 0.25) is 0 Å². The molecule has 0 spiro atoms. The third kappa shape index (κ3) is 10.2. The molecule has 0 amide bonds. The summed E-state index contributed by atoms with van der Waals surface area (Å²) in [5.41, 5.74) is 2.51. The van der Waals surface area contributed by atoms with Crippen molar-refractivity contribution in [2.45, 2.75) is 31.8 Å². The molecule has 0 saturated heterocycles. The summed E-state index contributed by atoms with van der Waals surface area (Å²) in [6, 6.07) is 27.0. The van der Waals surface area contributed by atoms with E-state index in [0.717, 1.165) is 11.1 Å². The van der Waals surface area contributed by atoms with Crippen LogP contribution >= 0.6 is 0 Å². The Morgan fingerprint density at radius 3 is 1.84 bits per heavy atom. The van der Waals surface area contributed by atoms with Crippen molar-refractivity contribution in [2.75, 3.05) is 41.7 Å². The van der Waals surface area contributed by atoms with Crippen molar-refractivity contribution in [3.05, 3.63) is 119 Å². The van der Waals surface area contributed by atoms with E-state index >= 15 is 4.39 Å². The molecule has 0 aromatic heterocycles. The Balaban J connectivity index is 1.63. The van der Waals surface area contributed by atoms with Crippen molar-refractivity contribution in [1.29, 1.82) is 0 Å². The van der Waals surface area contributed by atoms with Crippen molar-refractivity contribution in [3.63, 3.8) is 0 Å². The lowest BCUT2D eigenvalue weighted by Crippen LogP contribution is -2.27. The van der Waals surface area contributed by atoms with E-state index < -0.39 is 18.0 Å². The lowest BCUT2D eigenvalue weighted by molar-refractivity contribution is -0.113. The lowest BCUT2D eigenvalue weighted by Gasteiger charge is -2.26. The Kier molecular flexibility index (Phi) is 13.4. The van der Waals surface area contributed by atoms with Crippen LogP contribution in [0.4, 0.5) is 4.39 Å². The molecule has 4 aromatic carbocycles. The van der Waals surface area contributed by atoms with Crippen molar-refractivity contribution >= 4 is 0 Å². The summed E-state index contributed by atoms with van der Waals surface area (Å²) >= 11 is 0. The van der Waals surface area contributed by atoms with Crippen LogP contribution in [-0.4, -0.2) is 52.9 Å². The largest absolute Gasteiger partial charge is 0.489 e. The molecule has 0 aliphatic heterocycles. The van der Waals surface area contributed by atoms with Crippen molar-refractivity contribution in [3.8, 4) is 23.0 Å². The number of methoxy groups -OCH3 is 3. The van der Waals surface area contributed by atoms with Crippen LogP contribution in [0.3, 0.4) is 0 Å².